The Morgan fingerprint density at radius 2 is 2.32 bits per heavy atom. The van der Waals surface area contributed by atoms with E-state index in [4.69, 9.17) is 16.3 Å². The number of nitrogens with zero attached hydrogens (tertiary/aromatic N) is 2. The van der Waals surface area contributed by atoms with Gasteiger partial charge in [-0.1, -0.05) is 11.6 Å². The number of pyridine rings is 1. The van der Waals surface area contributed by atoms with Crippen molar-refractivity contribution in [1.82, 2.24) is 4.98 Å². The monoisotopic (exact) mass is 294 g/mol. The van der Waals surface area contributed by atoms with Crippen LogP contribution in [-0.4, -0.2) is 24.2 Å². The predicted molar refractivity (Wildman–Crippen MR) is 79.1 cm³/mol. The van der Waals surface area contributed by atoms with Crippen LogP contribution in [0.25, 0.3) is 0 Å². The van der Waals surface area contributed by atoms with E-state index in [0.717, 1.165) is 18.8 Å². The molecule has 1 fully saturated rings. The van der Waals surface area contributed by atoms with Crippen molar-refractivity contribution < 1.29 is 4.74 Å². The molecule has 2 atom stereocenters. The Morgan fingerprint density at radius 1 is 1.42 bits per heavy atom. The van der Waals surface area contributed by atoms with Crippen molar-refractivity contribution >= 4 is 28.6 Å². The zero-order valence-electron chi connectivity index (χ0n) is 10.6. The maximum atomic E-state index is 6.03. The summed E-state index contributed by atoms with van der Waals surface area (Å²) in [6.45, 7) is 3.83. The molecule has 3 nitrogen and oxygen atoms in total. The zero-order valence-corrected chi connectivity index (χ0v) is 12.2. The Morgan fingerprint density at radius 3 is 3.05 bits per heavy atom. The number of morpholine rings is 1. The van der Waals surface area contributed by atoms with E-state index in [1.54, 1.807) is 17.5 Å². The smallest absolute Gasteiger partial charge is 0.131 e. The minimum Gasteiger partial charge on any atom is -0.367 e. The molecule has 0 saturated carbocycles. The lowest BCUT2D eigenvalue weighted by Crippen LogP contribution is -2.42. The van der Waals surface area contributed by atoms with Gasteiger partial charge in [-0.3, -0.25) is 0 Å². The topological polar surface area (TPSA) is 25.4 Å². The average molecular weight is 295 g/mol. The Hall–Kier alpha value is -1.10. The van der Waals surface area contributed by atoms with Crippen LogP contribution < -0.4 is 4.90 Å². The van der Waals surface area contributed by atoms with Gasteiger partial charge in [0.25, 0.3) is 0 Å². The molecule has 1 aliphatic rings. The van der Waals surface area contributed by atoms with Gasteiger partial charge in [0.2, 0.25) is 0 Å². The molecule has 1 aliphatic heterocycles. The molecule has 0 bridgehead atoms. The highest BCUT2D eigenvalue weighted by Gasteiger charge is 2.26. The summed E-state index contributed by atoms with van der Waals surface area (Å²) < 4.78 is 6.03. The van der Waals surface area contributed by atoms with Crippen molar-refractivity contribution in [3.63, 3.8) is 0 Å². The van der Waals surface area contributed by atoms with Crippen LogP contribution in [0.3, 0.4) is 0 Å². The van der Waals surface area contributed by atoms with Crippen LogP contribution in [0.5, 0.6) is 0 Å². The first-order valence-electron chi connectivity index (χ1n) is 6.26. The van der Waals surface area contributed by atoms with Gasteiger partial charge in [0.05, 0.1) is 6.10 Å². The second-order valence-corrected chi connectivity index (χ2v) is 5.90. The van der Waals surface area contributed by atoms with E-state index in [9.17, 15) is 0 Å². The van der Waals surface area contributed by atoms with E-state index in [2.05, 4.69) is 33.6 Å². The molecule has 3 rings (SSSR count). The second kappa shape index (κ2) is 5.49. The normalized spacial score (nSPS) is 23.6. The van der Waals surface area contributed by atoms with Crippen molar-refractivity contribution in [3.8, 4) is 0 Å². The van der Waals surface area contributed by atoms with E-state index in [1.807, 2.05) is 12.1 Å². The van der Waals surface area contributed by atoms with Crippen molar-refractivity contribution in [3.05, 3.63) is 45.9 Å². The first-order valence-corrected chi connectivity index (χ1v) is 7.58. The number of anilines is 1. The number of aromatic nitrogens is 1. The number of halogens is 1. The summed E-state index contributed by atoms with van der Waals surface area (Å²) >= 11 is 7.67. The van der Waals surface area contributed by atoms with Crippen molar-refractivity contribution in [2.24, 2.45) is 0 Å². The minimum atomic E-state index is 0.127. The van der Waals surface area contributed by atoms with Gasteiger partial charge in [0, 0.05) is 25.0 Å². The van der Waals surface area contributed by atoms with Crippen molar-refractivity contribution in [2.75, 3.05) is 18.0 Å². The van der Waals surface area contributed by atoms with Gasteiger partial charge in [-0.05, 0) is 41.4 Å². The minimum absolute atomic E-state index is 0.127. The summed E-state index contributed by atoms with van der Waals surface area (Å²) in [7, 11) is 0. The fourth-order valence-electron chi connectivity index (χ4n) is 2.39. The number of thiophene rings is 1. The summed E-state index contributed by atoms with van der Waals surface area (Å²) in [6.07, 6.45) is 2.07. The molecular weight excluding hydrogens is 280 g/mol. The predicted octanol–water partition coefficient (Wildman–Crippen LogP) is 3.76. The second-order valence-electron chi connectivity index (χ2n) is 4.73. The summed E-state index contributed by atoms with van der Waals surface area (Å²) in [5.74, 6) is 0. The molecule has 2 unspecified atom stereocenters. The van der Waals surface area contributed by atoms with Gasteiger partial charge < -0.3 is 9.64 Å². The van der Waals surface area contributed by atoms with Crippen molar-refractivity contribution in [2.45, 2.75) is 19.1 Å². The fraction of sp³-hybridized carbons (Fsp3) is 0.357. The third-order valence-electron chi connectivity index (χ3n) is 3.25. The summed E-state index contributed by atoms with van der Waals surface area (Å²) in [5, 5.41) is 4.77. The molecule has 100 valence electrons. The van der Waals surface area contributed by atoms with Crippen LogP contribution in [0, 0.1) is 0 Å². The fourth-order valence-corrected chi connectivity index (χ4v) is 3.26. The summed E-state index contributed by atoms with van der Waals surface area (Å²) in [4.78, 5) is 6.34. The van der Waals surface area contributed by atoms with E-state index < -0.39 is 0 Å². The van der Waals surface area contributed by atoms with Crippen LogP contribution in [0.2, 0.25) is 5.15 Å². The van der Waals surface area contributed by atoms with Crippen LogP contribution >= 0.6 is 22.9 Å². The number of hydrogen-bond donors (Lipinski definition) is 0. The highest BCUT2D eigenvalue weighted by Crippen LogP contribution is 2.30. The maximum absolute atomic E-state index is 6.03. The molecule has 19 heavy (non-hydrogen) atoms. The van der Waals surface area contributed by atoms with Gasteiger partial charge in [0.1, 0.15) is 11.3 Å². The molecule has 0 aliphatic carbocycles. The van der Waals surface area contributed by atoms with E-state index in [-0.39, 0.29) is 12.2 Å². The Kier molecular flexibility index (Phi) is 3.73. The Bertz CT molecular complexity index is 546. The largest absolute Gasteiger partial charge is 0.367 e. The molecule has 0 N–H and O–H groups in total. The Balaban J connectivity index is 1.83. The van der Waals surface area contributed by atoms with Crippen molar-refractivity contribution in [1.29, 1.82) is 0 Å². The molecule has 1 saturated heterocycles. The highest BCUT2D eigenvalue weighted by atomic mass is 35.5. The highest BCUT2D eigenvalue weighted by molar-refractivity contribution is 7.07. The van der Waals surface area contributed by atoms with E-state index >= 15 is 0 Å². The number of rotatable bonds is 2. The molecule has 2 aromatic heterocycles. The van der Waals surface area contributed by atoms with Gasteiger partial charge >= 0.3 is 0 Å². The lowest BCUT2D eigenvalue weighted by Gasteiger charge is -2.38. The Labute approximate surface area is 121 Å². The number of ether oxygens (including phenoxy) is 1. The molecule has 2 aromatic rings. The first kappa shape index (κ1) is 12.9. The van der Waals surface area contributed by atoms with Crippen LogP contribution in [-0.2, 0) is 4.74 Å². The van der Waals surface area contributed by atoms with Gasteiger partial charge in [-0.2, -0.15) is 11.3 Å². The lowest BCUT2D eigenvalue weighted by molar-refractivity contribution is -0.0171. The molecule has 0 amide bonds. The average Bonchev–Trinajstić information content (AvgIpc) is 2.92. The third kappa shape index (κ3) is 2.91. The lowest BCUT2D eigenvalue weighted by atomic mass is 10.1. The molecule has 0 radical (unpaired) electrons. The van der Waals surface area contributed by atoms with Crippen LogP contribution in [0.15, 0.2) is 35.2 Å². The van der Waals surface area contributed by atoms with Gasteiger partial charge in [0.15, 0.2) is 0 Å². The molecule has 3 heterocycles. The quantitative estimate of drug-likeness (QED) is 0.789. The van der Waals surface area contributed by atoms with E-state index in [1.165, 1.54) is 5.56 Å². The van der Waals surface area contributed by atoms with Gasteiger partial charge in [-0.25, -0.2) is 4.98 Å². The molecular formula is C14H15ClN2OS. The van der Waals surface area contributed by atoms with Crippen LogP contribution in [0.1, 0.15) is 18.6 Å². The van der Waals surface area contributed by atoms with Gasteiger partial charge in [-0.15, -0.1) is 0 Å². The molecule has 0 spiro atoms. The SMILES string of the molecule is CC1CN(c2ccnc(Cl)c2)CC(c2ccsc2)O1. The number of hydrogen-bond acceptors (Lipinski definition) is 4. The summed E-state index contributed by atoms with van der Waals surface area (Å²) in [5.41, 5.74) is 2.36. The standard InChI is InChI=1S/C14H15ClN2OS/c1-10-7-17(12-2-4-16-14(15)6-12)8-13(18-10)11-3-5-19-9-11/h2-6,9-10,13H,7-8H2,1H3. The molecule has 5 heteroatoms. The first-order chi connectivity index (χ1) is 9.22. The third-order valence-corrected chi connectivity index (χ3v) is 4.16. The maximum Gasteiger partial charge on any atom is 0.131 e. The summed E-state index contributed by atoms with van der Waals surface area (Å²) in [6, 6.07) is 6.03. The van der Waals surface area contributed by atoms with E-state index in [0.29, 0.717) is 5.15 Å². The zero-order chi connectivity index (χ0) is 13.2. The van der Waals surface area contributed by atoms with Crippen LogP contribution in [0.4, 0.5) is 5.69 Å². The molecule has 0 aromatic carbocycles.